The van der Waals surface area contributed by atoms with Gasteiger partial charge in [0.2, 0.25) is 0 Å². The van der Waals surface area contributed by atoms with E-state index in [1.165, 1.54) is 11.1 Å². The summed E-state index contributed by atoms with van der Waals surface area (Å²) < 4.78 is 8.11. The SMILES string of the molecule is CC[C@@H]1CN(Cc2cc([C@H](c3ccc4c(nnn4C)c3C)C(C)(C)C(C)=O)ccc2C)Cc2cnccc2O1. The van der Waals surface area contributed by atoms with Crippen LogP contribution in [0, 0.1) is 19.3 Å². The van der Waals surface area contributed by atoms with Gasteiger partial charge in [-0.2, -0.15) is 0 Å². The second-order valence-corrected chi connectivity index (χ2v) is 11.6. The zero-order chi connectivity index (χ0) is 27.9. The molecular formula is C32H39N5O2. The molecule has 2 atom stereocenters. The van der Waals surface area contributed by atoms with E-state index in [1.54, 1.807) is 17.8 Å². The number of hydrogen-bond acceptors (Lipinski definition) is 6. The van der Waals surface area contributed by atoms with Crippen LogP contribution in [0.4, 0.5) is 0 Å². The van der Waals surface area contributed by atoms with E-state index in [2.05, 4.69) is 85.1 Å². The summed E-state index contributed by atoms with van der Waals surface area (Å²) in [4.78, 5) is 19.9. The lowest BCUT2D eigenvalue weighted by Gasteiger charge is -2.35. The summed E-state index contributed by atoms with van der Waals surface area (Å²) in [5.74, 6) is 0.970. The van der Waals surface area contributed by atoms with Crippen molar-refractivity contribution in [2.45, 2.75) is 73.1 Å². The summed E-state index contributed by atoms with van der Waals surface area (Å²) in [5.41, 5.74) is 8.21. The molecule has 204 valence electrons. The van der Waals surface area contributed by atoms with Gasteiger partial charge in [0.1, 0.15) is 23.2 Å². The van der Waals surface area contributed by atoms with Gasteiger partial charge in [-0.1, -0.05) is 50.3 Å². The second kappa shape index (κ2) is 10.5. The highest BCUT2D eigenvalue weighted by Gasteiger charge is 2.38. The minimum atomic E-state index is -0.610. The Morgan fingerprint density at radius 2 is 1.97 bits per heavy atom. The second-order valence-electron chi connectivity index (χ2n) is 11.6. The molecule has 0 saturated heterocycles. The monoisotopic (exact) mass is 525 g/mol. The van der Waals surface area contributed by atoms with Crippen molar-refractivity contribution < 1.29 is 9.53 Å². The number of carbonyl (C=O) groups excluding carboxylic acids is 1. The van der Waals surface area contributed by atoms with Crippen molar-refractivity contribution in [3.05, 3.63) is 82.2 Å². The minimum absolute atomic E-state index is 0.124. The molecule has 0 amide bonds. The van der Waals surface area contributed by atoms with Crippen LogP contribution in [0.2, 0.25) is 0 Å². The Kier molecular flexibility index (Phi) is 7.29. The lowest BCUT2D eigenvalue weighted by molar-refractivity contribution is -0.125. The number of ketones is 1. The third kappa shape index (κ3) is 5.08. The summed E-state index contributed by atoms with van der Waals surface area (Å²) >= 11 is 0. The van der Waals surface area contributed by atoms with Crippen molar-refractivity contribution in [3.63, 3.8) is 0 Å². The third-order valence-electron chi connectivity index (χ3n) is 8.58. The van der Waals surface area contributed by atoms with Crippen molar-refractivity contribution in [1.29, 1.82) is 0 Å². The van der Waals surface area contributed by atoms with Crippen molar-refractivity contribution in [1.82, 2.24) is 24.9 Å². The minimum Gasteiger partial charge on any atom is -0.489 e. The van der Waals surface area contributed by atoms with Crippen molar-refractivity contribution >= 4 is 16.8 Å². The Bertz CT molecular complexity index is 1520. The zero-order valence-corrected chi connectivity index (χ0v) is 24.2. The molecule has 0 unspecified atom stereocenters. The molecule has 7 nitrogen and oxygen atoms in total. The normalized spacial score (nSPS) is 16.9. The number of hydrogen-bond donors (Lipinski definition) is 0. The molecule has 2 aromatic carbocycles. The Morgan fingerprint density at radius 3 is 2.72 bits per heavy atom. The highest BCUT2D eigenvalue weighted by atomic mass is 16.5. The smallest absolute Gasteiger partial charge is 0.136 e. The van der Waals surface area contributed by atoms with E-state index in [4.69, 9.17) is 4.74 Å². The maximum absolute atomic E-state index is 13.1. The van der Waals surface area contributed by atoms with Crippen LogP contribution in [0.15, 0.2) is 48.8 Å². The van der Waals surface area contributed by atoms with Gasteiger partial charge in [-0.3, -0.25) is 14.7 Å². The molecular weight excluding hydrogens is 486 g/mol. The van der Waals surface area contributed by atoms with E-state index < -0.39 is 5.41 Å². The Balaban J connectivity index is 1.56. The first kappa shape index (κ1) is 27.0. The average Bonchev–Trinajstić information content (AvgIpc) is 3.18. The molecule has 1 aliphatic rings. The summed E-state index contributed by atoms with van der Waals surface area (Å²) in [6.45, 7) is 14.7. The third-order valence-corrected chi connectivity index (χ3v) is 8.58. The Hall–Kier alpha value is -3.58. The van der Waals surface area contributed by atoms with Crippen molar-refractivity contribution in [3.8, 4) is 5.75 Å². The van der Waals surface area contributed by atoms with E-state index >= 15 is 0 Å². The fourth-order valence-electron chi connectivity index (χ4n) is 5.82. The molecule has 2 aromatic heterocycles. The van der Waals surface area contributed by atoms with Gasteiger partial charge in [0, 0.05) is 56.0 Å². The fourth-order valence-corrected chi connectivity index (χ4v) is 5.82. The Labute approximate surface area is 231 Å². The standard InChI is InChI=1S/C32H39N5O2/c1-8-26-19-37(18-25-16-33-14-13-29(25)39-26)17-24-15-23(10-9-20(24)2)30(32(5,6)22(4)38)27-11-12-28-31(21(27)3)34-35-36(28)7/h9-16,26,30H,8,17-19H2,1-7H3/t26-,30-/m1/s1. The van der Waals surface area contributed by atoms with Gasteiger partial charge in [-0.25, -0.2) is 4.68 Å². The largest absolute Gasteiger partial charge is 0.489 e. The van der Waals surface area contributed by atoms with Crippen LogP contribution in [-0.2, 0) is 24.9 Å². The lowest BCUT2D eigenvalue weighted by atomic mass is 9.68. The van der Waals surface area contributed by atoms with Crippen LogP contribution < -0.4 is 4.74 Å². The molecule has 0 aliphatic carbocycles. The number of ether oxygens (including phenoxy) is 1. The summed E-state index contributed by atoms with van der Waals surface area (Å²) in [7, 11) is 1.91. The number of carbonyl (C=O) groups is 1. The maximum atomic E-state index is 13.1. The number of nitrogens with zero attached hydrogens (tertiary/aromatic N) is 5. The van der Waals surface area contributed by atoms with E-state index in [9.17, 15) is 4.79 Å². The predicted octanol–water partition coefficient (Wildman–Crippen LogP) is 5.90. The van der Waals surface area contributed by atoms with Gasteiger partial charge in [0.25, 0.3) is 0 Å². The summed E-state index contributed by atoms with van der Waals surface area (Å²) in [6, 6.07) is 12.9. The average molecular weight is 526 g/mol. The number of rotatable bonds is 7. The molecule has 0 saturated carbocycles. The molecule has 39 heavy (non-hydrogen) atoms. The quantitative estimate of drug-likeness (QED) is 0.299. The van der Waals surface area contributed by atoms with Gasteiger partial charge in [-0.15, -0.1) is 5.10 Å². The van der Waals surface area contributed by atoms with Gasteiger partial charge in [0.15, 0.2) is 0 Å². The van der Waals surface area contributed by atoms with Gasteiger partial charge >= 0.3 is 0 Å². The van der Waals surface area contributed by atoms with Gasteiger partial charge < -0.3 is 4.74 Å². The number of Topliss-reactive ketones (excluding diaryl/α,β-unsaturated/α-hetero) is 1. The molecule has 5 rings (SSSR count). The molecule has 3 heterocycles. The summed E-state index contributed by atoms with van der Waals surface area (Å²) in [5, 5.41) is 8.67. The van der Waals surface area contributed by atoms with Crippen molar-refractivity contribution in [2.24, 2.45) is 12.5 Å². The molecule has 0 radical (unpaired) electrons. The van der Waals surface area contributed by atoms with Crippen molar-refractivity contribution in [2.75, 3.05) is 6.54 Å². The first-order valence-corrected chi connectivity index (χ1v) is 13.8. The number of aryl methyl sites for hydroxylation is 3. The predicted molar refractivity (Wildman–Crippen MR) is 154 cm³/mol. The molecule has 4 aromatic rings. The van der Waals surface area contributed by atoms with E-state index in [0.717, 1.165) is 65.1 Å². The van der Waals surface area contributed by atoms with Crippen LogP contribution in [0.1, 0.15) is 73.4 Å². The number of benzene rings is 2. The first-order chi connectivity index (χ1) is 18.6. The van der Waals surface area contributed by atoms with Gasteiger partial charge in [-0.05, 0) is 67.1 Å². The number of fused-ring (bicyclic) bond motifs is 2. The lowest BCUT2D eigenvalue weighted by Crippen LogP contribution is -2.33. The maximum Gasteiger partial charge on any atom is 0.136 e. The Morgan fingerprint density at radius 1 is 1.18 bits per heavy atom. The highest BCUT2D eigenvalue weighted by Crippen LogP contribution is 2.44. The van der Waals surface area contributed by atoms with E-state index in [0.29, 0.717) is 0 Å². The molecule has 7 heteroatoms. The fraction of sp³-hybridized carbons (Fsp3) is 0.438. The summed E-state index contributed by atoms with van der Waals surface area (Å²) in [6.07, 6.45) is 4.78. The van der Waals surface area contributed by atoms with Crippen LogP contribution in [0.5, 0.6) is 5.75 Å². The van der Waals surface area contributed by atoms with E-state index in [-0.39, 0.29) is 17.8 Å². The van der Waals surface area contributed by atoms with Crippen LogP contribution in [0.25, 0.3) is 11.0 Å². The first-order valence-electron chi connectivity index (χ1n) is 13.8. The van der Waals surface area contributed by atoms with Crippen LogP contribution in [-0.4, -0.2) is 43.3 Å². The highest BCUT2D eigenvalue weighted by molar-refractivity contribution is 5.85. The number of aromatic nitrogens is 4. The van der Waals surface area contributed by atoms with Crippen LogP contribution in [0.3, 0.4) is 0 Å². The molecule has 0 bridgehead atoms. The topological polar surface area (TPSA) is 73.1 Å². The van der Waals surface area contributed by atoms with Gasteiger partial charge in [0.05, 0.1) is 5.52 Å². The van der Waals surface area contributed by atoms with Crippen LogP contribution >= 0.6 is 0 Å². The van der Waals surface area contributed by atoms with E-state index in [1.807, 2.05) is 19.3 Å². The molecule has 0 N–H and O–H groups in total. The molecule has 0 spiro atoms. The number of pyridine rings is 1. The molecule has 1 aliphatic heterocycles. The zero-order valence-electron chi connectivity index (χ0n) is 24.2. The molecule has 0 fully saturated rings.